The fourth-order valence-corrected chi connectivity index (χ4v) is 1.35. The van der Waals surface area contributed by atoms with Gasteiger partial charge in [-0.3, -0.25) is 4.79 Å². The van der Waals surface area contributed by atoms with Gasteiger partial charge in [0.15, 0.2) is 0 Å². The van der Waals surface area contributed by atoms with E-state index in [1.54, 1.807) is 26.0 Å². The van der Waals surface area contributed by atoms with Crippen molar-refractivity contribution in [2.75, 3.05) is 0 Å². The first-order valence-corrected chi connectivity index (χ1v) is 5.34. The van der Waals surface area contributed by atoms with Crippen LogP contribution < -0.4 is 4.74 Å². The molecule has 0 bridgehead atoms. The highest BCUT2D eigenvalue weighted by Gasteiger charge is 2.29. The second-order valence-corrected chi connectivity index (χ2v) is 4.62. The fraction of sp³-hybridized carbons (Fsp3) is 0.462. The average molecular weight is 222 g/mol. The van der Waals surface area contributed by atoms with Gasteiger partial charge in [-0.25, -0.2) is 0 Å². The Kier molecular flexibility index (Phi) is 3.58. The Bertz CT molecular complexity index is 381. The maximum Gasteiger partial charge on any atom is 0.313 e. The normalized spacial score (nSPS) is 11.6. The van der Waals surface area contributed by atoms with Crippen LogP contribution in [0.5, 0.6) is 5.75 Å². The lowest BCUT2D eigenvalue weighted by Gasteiger charge is -2.20. The first-order chi connectivity index (χ1) is 7.34. The van der Waals surface area contributed by atoms with E-state index in [9.17, 15) is 4.79 Å². The third-order valence-corrected chi connectivity index (χ3v) is 2.46. The molecule has 0 saturated heterocycles. The summed E-state index contributed by atoms with van der Waals surface area (Å²) in [6.45, 7) is 7.25. The summed E-state index contributed by atoms with van der Waals surface area (Å²) in [4.78, 5) is 11.1. The van der Waals surface area contributed by atoms with E-state index in [1.165, 1.54) is 0 Å². The molecular weight excluding hydrogens is 204 g/mol. The SMILES string of the molecule is CC(C)Oc1cccc(C(C)(C)C(=O)O)c1. The van der Waals surface area contributed by atoms with Crippen LogP contribution in [0.1, 0.15) is 33.3 Å². The Hall–Kier alpha value is -1.51. The summed E-state index contributed by atoms with van der Waals surface area (Å²) in [5, 5.41) is 9.13. The van der Waals surface area contributed by atoms with Gasteiger partial charge in [0.25, 0.3) is 0 Å². The lowest BCUT2D eigenvalue weighted by Crippen LogP contribution is -2.28. The first-order valence-electron chi connectivity index (χ1n) is 5.34. The van der Waals surface area contributed by atoms with Crippen LogP contribution in [0, 0.1) is 0 Å². The van der Waals surface area contributed by atoms with Crippen molar-refractivity contribution in [2.24, 2.45) is 0 Å². The molecule has 16 heavy (non-hydrogen) atoms. The molecule has 1 aromatic rings. The summed E-state index contributed by atoms with van der Waals surface area (Å²) in [6.07, 6.45) is 0.0863. The van der Waals surface area contributed by atoms with Gasteiger partial charge in [0, 0.05) is 0 Å². The molecule has 3 nitrogen and oxygen atoms in total. The second-order valence-electron chi connectivity index (χ2n) is 4.62. The van der Waals surface area contributed by atoms with Gasteiger partial charge in [0.05, 0.1) is 11.5 Å². The van der Waals surface area contributed by atoms with E-state index in [4.69, 9.17) is 9.84 Å². The zero-order chi connectivity index (χ0) is 12.3. The number of carboxylic acid groups (broad SMARTS) is 1. The average Bonchev–Trinajstić information content (AvgIpc) is 2.16. The monoisotopic (exact) mass is 222 g/mol. The van der Waals surface area contributed by atoms with Gasteiger partial charge in [-0.15, -0.1) is 0 Å². The second kappa shape index (κ2) is 4.56. The molecule has 1 N–H and O–H groups in total. The Balaban J connectivity index is 3.03. The number of aliphatic carboxylic acids is 1. The van der Waals surface area contributed by atoms with Crippen LogP contribution in [0.25, 0.3) is 0 Å². The van der Waals surface area contributed by atoms with E-state index < -0.39 is 11.4 Å². The molecule has 0 heterocycles. The molecule has 0 saturated carbocycles. The molecule has 0 aliphatic heterocycles. The Labute approximate surface area is 96.1 Å². The third kappa shape index (κ3) is 2.75. The van der Waals surface area contributed by atoms with Crippen molar-refractivity contribution < 1.29 is 14.6 Å². The highest BCUT2D eigenvalue weighted by atomic mass is 16.5. The van der Waals surface area contributed by atoms with Crippen molar-refractivity contribution in [2.45, 2.75) is 39.2 Å². The zero-order valence-corrected chi connectivity index (χ0v) is 10.2. The summed E-state index contributed by atoms with van der Waals surface area (Å²) in [7, 11) is 0. The minimum atomic E-state index is -0.893. The van der Waals surface area contributed by atoms with Crippen molar-refractivity contribution in [1.82, 2.24) is 0 Å². The van der Waals surface area contributed by atoms with Crippen molar-refractivity contribution in [3.63, 3.8) is 0 Å². The molecule has 88 valence electrons. The van der Waals surface area contributed by atoms with Crippen LogP contribution in [0.3, 0.4) is 0 Å². The van der Waals surface area contributed by atoms with Crippen LogP contribution in [0.2, 0.25) is 0 Å². The number of carbonyl (C=O) groups is 1. The molecule has 0 aliphatic carbocycles. The molecule has 0 aliphatic rings. The number of ether oxygens (including phenoxy) is 1. The minimum absolute atomic E-state index is 0.0863. The fourth-order valence-electron chi connectivity index (χ4n) is 1.35. The lowest BCUT2D eigenvalue weighted by molar-refractivity contribution is -0.142. The molecule has 0 fully saturated rings. The zero-order valence-electron chi connectivity index (χ0n) is 10.2. The van der Waals surface area contributed by atoms with Gasteiger partial charge >= 0.3 is 5.97 Å². The topological polar surface area (TPSA) is 46.5 Å². The van der Waals surface area contributed by atoms with Crippen LogP contribution >= 0.6 is 0 Å². The third-order valence-electron chi connectivity index (χ3n) is 2.46. The minimum Gasteiger partial charge on any atom is -0.491 e. The number of rotatable bonds is 4. The van der Waals surface area contributed by atoms with Gasteiger partial charge in [0.2, 0.25) is 0 Å². The Morgan fingerprint density at radius 1 is 1.38 bits per heavy atom. The molecule has 1 aromatic carbocycles. The van der Waals surface area contributed by atoms with E-state index in [0.29, 0.717) is 5.75 Å². The van der Waals surface area contributed by atoms with Crippen LogP contribution in [-0.4, -0.2) is 17.2 Å². The quantitative estimate of drug-likeness (QED) is 0.852. The standard InChI is InChI=1S/C13H18O3/c1-9(2)16-11-7-5-6-10(8-11)13(3,4)12(14)15/h5-9H,1-4H3,(H,14,15). The maximum absolute atomic E-state index is 11.1. The van der Waals surface area contributed by atoms with Crippen molar-refractivity contribution >= 4 is 5.97 Å². The van der Waals surface area contributed by atoms with Crippen LogP contribution in [0.4, 0.5) is 0 Å². The number of benzene rings is 1. The smallest absolute Gasteiger partial charge is 0.313 e. The molecule has 0 amide bonds. The largest absolute Gasteiger partial charge is 0.491 e. The molecule has 0 atom stereocenters. The van der Waals surface area contributed by atoms with Gasteiger partial charge in [-0.2, -0.15) is 0 Å². The molecule has 1 rings (SSSR count). The number of hydrogen-bond acceptors (Lipinski definition) is 2. The van der Waals surface area contributed by atoms with E-state index in [2.05, 4.69) is 0 Å². The van der Waals surface area contributed by atoms with Gasteiger partial charge in [0.1, 0.15) is 5.75 Å². The predicted octanol–water partition coefficient (Wildman–Crippen LogP) is 2.84. The van der Waals surface area contributed by atoms with E-state index in [0.717, 1.165) is 5.56 Å². The highest BCUT2D eigenvalue weighted by Crippen LogP contribution is 2.27. The summed E-state index contributed by atoms with van der Waals surface area (Å²) in [5.74, 6) is -0.129. The van der Waals surface area contributed by atoms with Crippen molar-refractivity contribution in [1.29, 1.82) is 0 Å². The summed E-state index contributed by atoms with van der Waals surface area (Å²) in [5.41, 5.74) is -0.144. The lowest BCUT2D eigenvalue weighted by atomic mass is 9.85. The molecule has 0 unspecified atom stereocenters. The van der Waals surface area contributed by atoms with E-state index in [1.807, 2.05) is 26.0 Å². The van der Waals surface area contributed by atoms with E-state index >= 15 is 0 Å². The number of hydrogen-bond donors (Lipinski definition) is 1. The maximum atomic E-state index is 11.1. The molecule has 0 spiro atoms. The van der Waals surface area contributed by atoms with Gasteiger partial charge in [-0.1, -0.05) is 12.1 Å². The van der Waals surface area contributed by atoms with Crippen LogP contribution in [0.15, 0.2) is 24.3 Å². The summed E-state index contributed by atoms with van der Waals surface area (Å²) >= 11 is 0. The predicted molar refractivity (Wildman–Crippen MR) is 62.9 cm³/mol. The van der Waals surface area contributed by atoms with Crippen molar-refractivity contribution in [3.8, 4) is 5.75 Å². The van der Waals surface area contributed by atoms with E-state index in [-0.39, 0.29) is 6.10 Å². The summed E-state index contributed by atoms with van der Waals surface area (Å²) in [6, 6.07) is 7.24. The highest BCUT2D eigenvalue weighted by molar-refractivity contribution is 5.80. The van der Waals surface area contributed by atoms with Gasteiger partial charge in [-0.05, 0) is 45.4 Å². The first kappa shape index (κ1) is 12.6. The Morgan fingerprint density at radius 2 is 2.00 bits per heavy atom. The van der Waals surface area contributed by atoms with Crippen molar-refractivity contribution in [3.05, 3.63) is 29.8 Å². The van der Waals surface area contributed by atoms with Crippen LogP contribution in [-0.2, 0) is 10.2 Å². The van der Waals surface area contributed by atoms with Gasteiger partial charge < -0.3 is 9.84 Å². The molecular formula is C13H18O3. The number of carboxylic acids is 1. The molecule has 0 aromatic heterocycles. The molecule has 0 radical (unpaired) electrons. The summed E-state index contributed by atoms with van der Waals surface area (Å²) < 4.78 is 5.54. The Morgan fingerprint density at radius 3 is 2.50 bits per heavy atom. The molecule has 3 heteroatoms.